The first-order chi connectivity index (χ1) is 8.65. The van der Waals surface area contributed by atoms with Crippen LogP contribution in [0, 0.1) is 6.92 Å². The van der Waals surface area contributed by atoms with Crippen molar-refractivity contribution in [2.24, 2.45) is 0 Å². The Morgan fingerprint density at radius 3 is 2.83 bits per heavy atom. The van der Waals surface area contributed by atoms with Gasteiger partial charge in [0, 0.05) is 11.5 Å². The molecule has 0 spiro atoms. The zero-order valence-corrected chi connectivity index (χ0v) is 11.8. The van der Waals surface area contributed by atoms with Crippen molar-refractivity contribution >= 4 is 29.2 Å². The molecule has 0 aliphatic rings. The Bertz CT molecular complexity index is 543. The van der Waals surface area contributed by atoms with Gasteiger partial charge in [-0.05, 0) is 24.6 Å². The van der Waals surface area contributed by atoms with Crippen LogP contribution in [-0.4, -0.2) is 4.98 Å². The van der Waals surface area contributed by atoms with E-state index in [0.29, 0.717) is 10.8 Å². The van der Waals surface area contributed by atoms with Crippen molar-refractivity contribution in [1.29, 1.82) is 0 Å². The predicted molar refractivity (Wildman–Crippen MR) is 79.8 cm³/mol. The summed E-state index contributed by atoms with van der Waals surface area (Å²) in [5, 5.41) is 0.681. The lowest BCUT2D eigenvalue weighted by Gasteiger charge is -2.05. The van der Waals surface area contributed by atoms with Crippen molar-refractivity contribution < 1.29 is 0 Å². The molecule has 1 aromatic carbocycles. The van der Waals surface area contributed by atoms with E-state index in [-0.39, 0.29) is 0 Å². The summed E-state index contributed by atoms with van der Waals surface area (Å²) in [7, 11) is 0. The standard InChI is InChI=1S/C14H15ClN2S/c1-10-3-2-4-11(7-10)8-18-9-13-12(15)5-6-14(16)17-13/h2-7H,8-9H2,1H3,(H2,16,17). The van der Waals surface area contributed by atoms with E-state index in [1.165, 1.54) is 11.1 Å². The van der Waals surface area contributed by atoms with E-state index in [1.54, 1.807) is 23.9 Å². The molecule has 2 rings (SSSR count). The van der Waals surface area contributed by atoms with E-state index in [2.05, 4.69) is 36.2 Å². The molecule has 0 atom stereocenters. The molecule has 0 aliphatic carbocycles. The number of rotatable bonds is 4. The molecule has 0 radical (unpaired) electrons. The molecule has 1 heterocycles. The van der Waals surface area contributed by atoms with Crippen molar-refractivity contribution in [3.8, 4) is 0 Å². The minimum Gasteiger partial charge on any atom is -0.384 e. The molecule has 1 aromatic heterocycles. The fourth-order valence-electron chi connectivity index (χ4n) is 1.67. The van der Waals surface area contributed by atoms with Gasteiger partial charge in [0.25, 0.3) is 0 Å². The summed E-state index contributed by atoms with van der Waals surface area (Å²) in [6.45, 7) is 2.10. The lowest BCUT2D eigenvalue weighted by Crippen LogP contribution is -1.95. The number of pyridine rings is 1. The topological polar surface area (TPSA) is 38.9 Å². The zero-order chi connectivity index (χ0) is 13.0. The second-order valence-corrected chi connectivity index (χ2v) is 5.54. The second kappa shape index (κ2) is 6.12. The Morgan fingerprint density at radius 1 is 1.22 bits per heavy atom. The fraction of sp³-hybridized carbons (Fsp3) is 0.214. The van der Waals surface area contributed by atoms with Gasteiger partial charge in [-0.25, -0.2) is 4.98 Å². The minimum atomic E-state index is 0.519. The number of benzene rings is 1. The number of nitrogens with two attached hydrogens (primary N) is 1. The maximum absolute atomic E-state index is 6.07. The van der Waals surface area contributed by atoms with Gasteiger partial charge in [-0.2, -0.15) is 11.8 Å². The third-order valence-corrected chi connectivity index (χ3v) is 3.89. The van der Waals surface area contributed by atoms with Crippen LogP contribution < -0.4 is 5.73 Å². The number of halogens is 1. The highest BCUT2D eigenvalue weighted by Crippen LogP contribution is 2.23. The van der Waals surface area contributed by atoms with Gasteiger partial charge in [0.1, 0.15) is 5.82 Å². The Hall–Kier alpha value is -1.19. The number of hydrogen-bond donors (Lipinski definition) is 1. The van der Waals surface area contributed by atoms with E-state index in [4.69, 9.17) is 17.3 Å². The summed E-state index contributed by atoms with van der Waals surface area (Å²) in [6.07, 6.45) is 0. The second-order valence-electron chi connectivity index (χ2n) is 4.15. The molecule has 94 valence electrons. The van der Waals surface area contributed by atoms with E-state index in [1.807, 2.05) is 0 Å². The first-order valence-corrected chi connectivity index (χ1v) is 7.22. The smallest absolute Gasteiger partial charge is 0.123 e. The molecule has 0 unspecified atom stereocenters. The van der Waals surface area contributed by atoms with Gasteiger partial charge in [0.2, 0.25) is 0 Å². The number of thioether (sulfide) groups is 1. The molecular formula is C14H15ClN2S. The molecule has 0 bridgehead atoms. The summed E-state index contributed by atoms with van der Waals surface area (Å²) in [4.78, 5) is 4.25. The molecule has 0 saturated carbocycles. The molecule has 2 N–H and O–H groups in total. The predicted octanol–water partition coefficient (Wildman–Crippen LogP) is 4.06. The number of nitrogens with zero attached hydrogens (tertiary/aromatic N) is 1. The van der Waals surface area contributed by atoms with Crippen molar-refractivity contribution in [3.63, 3.8) is 0 Å². The average molecular weight is 279 g/mol. The highest BCUT2D eigenvalue weighted by molar-refractivity contribution is 7.97. The molecule has 0 aliphatic heterocycles. The van der Waals surface area contributed by atoms with Crippen LogP contribution in [-0.2, 0) is 11.5 Å². The van der Waals surface area contributed by atoms with Crippen LogP contribution in [0.4, 0.5) is 5.82 Å². The van der Waals surface area contributed by atoms with Gasteiger partial charge in [-0.3, -0.25) is 0 Å². The van der Waals surface area contributed by atoms with E-state index < -0.39 is 0 Å². The Morgan fingerprint density at radius 2 is 2.06 bits per heavy atom. The Labute approximate surface area is 117 Å². The van der Waals surface area contributed by atoms with Gasteiger partial charge < -0.3 is 5.73 Å². The van der Waals surface area contributed by atoms with Crippen molar-refractivity contribution in [2.45, 2.75) is 18.4 Å². The van der Waals surface area contributed by atoms with Gasteiger partial charge >= 0.3 is 0 Å². The van der Waals surface area contributed by atoms with E-state index >= 15 is 0 Å². The lowest BCUT2D eigenvalue weighted by molar-refractivity contribution is 1.18. The van der Waals surface area contributed by atoms with Crippen molar-refractivity contribution in [1.82, 2.24) is 4.98 Å². The van der Waals surface area contributed by atoms with Crippen molar-refractivity contribution in [2.75, 3.05) is 5.73 Å². The Balaban J connectivity index is 1.94. The first-order valence-electron chi connectivity index (χ1n) is 5.69. The fourth-order valence-corrected chi connectivity index (χ4v) is 2.85. The normalized spacial score (nSPS) is 10.6. The number of nitrogen functional groups attached to an aromatic ring is 1. The van der Waals surface area contributed by atoms with Gasteiger partial charge in [0.05, 0.1) is 10.7 Å². The van der Waals surface area contributed by atoms with E-state index in [9.17, 15) is 0 Å². The summed E-state index contributed by atoms with van der Waals surface area (Å²) >= 11 is 7.86. The third-order valence-electron chi connectivity index (χ3n) is 2.53. The number of anilines is 1. The largest absolute Gasteiger partial charge is 0.384 e. The molecule has 0 saturated heterocycles. The van der Waals surface area contributed by atoms with Crippen molar-refractivity contribution in [3.05, 3.63) is 58.2 Å². The number of aromatic nitrogens is 1. The van der Waals surface area contributed by atoms with Crippen LogP contribution in [0.3, 0.4) is 0 Å². The molecule has 0 amide bonds. The van der Waals surface area contributed by atoms with Crippen LogP contribution in [0.2, 0.25) is 5.02 Å². The highest BCUT2D eigenvalue weighted by Gasteiger charge is 2.03. The van der Waals surface area contributed by atoms with Crippen LogP contribution >= 0.6 is 23.4 Å². The molecular weight excluding hydrogens is 264 g/mol. The Kier molecular flexibility index (Phi) is 4.50. The first kappa shape index (κ1) is 13.2. The summed E-state index contributed by atoms with van der Waals surface area (Å²) in [5.41, 5.74) is 9.11. The lowest BCUT2D eigenvalue weighted by atomic mass is 10.2. The molecule has 0 fully saturated rings. The van der Waals surface area contributed by atoms with Gasteiger partial charge in [0.15, 0.2) is 0 Å². The SMILES string of the molecule is Cc1cccc(CSCc2nc(N)ccc2Cl)c1. The molecule has 4 heteroatoms. The number of hydrogen-bond acceptors (Lipinski definition) is 3. The maximum Gasteiger partial charge on any atom is 0.123 e. The van der Waals surface area contributed by atoms with Gasteiger partial charge in [-0.1, -0.05) is 41.4 Å². The summed E-state index contributed by atoms with van der Waals surface area (Å²) in [6, 6.07) is 12.0. The summed E-state index contributed by atoms with van der Waals surface area (Å²) < 4.78 is 0. The van der Waals surface area contributed by atoms with Crippen LogP contribution in [0.25, 0.3) is 0 Å². The average Bonchev–Trinajstić information content (AvgIpc) is 2.34. The quantitative estimate of drug-likeness (QED) is 0.917. The number of aryl methyl sites for hydroxylation is 1. The maximum atomic E-state index is 6.07. The highest BCUT2D eigenvalue weighted by atomic mass is 35.5. The summed E-state index contributed by atoms with van der Waals surface area (Å²) in [5.74, 6) is 2.25. The van der Waals surface area contributed by atoms with Crippen LogP contribution in [0.15, 0.2) is 36.4 Å². The third kappa shape index (κ3) is 3.65. The van der Waals surface area contributed by atoms with Gasteiger partial charge in [-0.15, -0.1) is 0 Å². The minimum absolute atomic E-state index is 0.519. The monoisotopic (exact) mass is 278 g/mol. The van der Waals surface area contributed by atoms with E-state index in [0.717, 1.165) is 17.2 Å². The molecule has 18 heavy (non-hydrogen) atoms. The molecule has 2 nitrogen and oxygen atoms in total. The van der Waals surface area contributed by atoms with Crippen LogP contribution in [0.1, 0.15) is 16.8 Å². The molecule has 2 aromatic rings. The zero-order valence-electron chi connectivity index (χ0n) is 10.2. The van der Waals surface area contributed by atoms with Crippen LogP contribution in [0.5, 0.6) is 0 Å².